The molecule has 1 aromatic heterocycles. The van der Waals surface area contributed by atoms with Crippen LogP contribution in [0.25, 0.3) is 21.5 Å². The van der Waals surface area contributed by atoms with E-state index in [-0.39, 0.29) is 0 Å². The predicted molar refractivity (Wildman–Crippen MR) is 93.7 cm³/mol. The number of hydrogen-bond acceptors (Lipinski definition) is 2. The van der Waals surface area contributed by atoms with Gasteiger partial charge in [0.25, 0.3) is 0 Å². The van der Waals surface area contributed by atoms with Crippen LogP contribution in [0.4, 0.5) is 11.5 Å². The van der Waals surface area contributed by atoms with Crippen LogP contribution in [0.5, 0.6) is 0 Å². The van der Waals surface area contributed by atoms with E-state index >= 15 is 0 Å². The summed E-state index contributed by atoms with van der Waals surface area (Å²) >= 11 is 0. The monoisotopic (exact) mass is 284 g/mol. The molecule has 0 saturated carbocycles. The second-order valence-electron chi connectivity index (χ2n) is 5.50. The lowest BCUT2D eigenvalue weighted by atomic mass is 9.99. The highest BCUT2D eigenvalue weighted by atomic mass is 15.0. The standard InChI is InChI=1S/C20H16N2/c1-14-18-13-16-7-3-2-6-15(16)12-17(18)9-10-19(14)22-20-8-4-5-11-21-20/h2-13H,1H3,(H,21,22). The molecule has 0 aliphatic heterocycles. The third-order valence-corrected chi connectivity index (χ3v) is 4.08. The SMILES string of the molecule is Cc1c(Nc2ccccn2)ccc2cc3ccccc3cc12. The van der Waals surface area contributed by atoms with Gasteiger partial charge in [0.2, 0.25) is 0 Å². The van der Waals surface area contributed by atoms with Crippen molar-refractivity contribution in [2.45, 2.75) is 6.92 Å². The van der Waals surface area contributed by atoms with Gasteiger partial charge in [-0.15, -0.1) is 0 Å². The van der Waals surface area contributed by atoms with E-state index in [9.17, 15) is 0 Å². The number of aryl methyl sites for hydroxylation is 1. The number of rotatable bonds is 2. The van der Waals surface area contributed by atoms with Gasteiger partial charge in [0.05, 0.1) is 0 Å². The van der Waals surface area contributed by atoms with E-state index in [2.05, 4.69) is 65.8 Å². The zero-order valence-corrected chi connectivity index (χ0v) is 12.4. The van der Waals surface area contributed by atoms with E-state index in [4.69, 9.17) is 0 Å². The summed E-state index contributed by atoms with van der Waals surface area (Å²) in [6.45, 7) is 2.16. The van der Waals surface area contributed by atoms with Crippen LogP contribution in [0.3, 0.4) is 0 Å². The second kappa shape index (κ2) is 5.15. The van der Waals surface area contributed by atoms with Crippen molar-refractivity contribution in [2.24, 2.45) is 0 Å². The minimum Gasteiger partial charge on any atom is -0.340 e. The highest BCUT2D eigenvalue weighted by Crippen LogP contribution is 2.30. The number of pyridine rings is 1. The van der Waals surface area contributed by atoms with E-state index in [1.54, 1.807) is 6.20 Å². The van der Waals surface area contributed by atoms with Crippen LogP contribution >= 0.6 is 0 Å². The quantitative estimate of drug-likeness (QED) is 0.496. The maximum Gasteiger partial charge on any atom is 0.130 e. The number of aromatic nitrogens is 1. The molecule has 0 atom stereocenters. The molecule has 0 unspecified atom stereocenters. The number of fused-ring (bicyclic) bond motifs is 2. The number of nitrogens with zero attached hydrogens (tertiary/aromatic N) is 1. The maximum absolute atomic E-state index is 4.33. The van der Waals surface area contributed by atoms with Crippen molar-refractivity contribution in [2.75, 3.05) is 5.32 Å². The Hall–Kier alpha value is -2.87. The van der Waals surface area contributed by atoms with E-state index in [0.717, 1.165) is 11.5 Å². The topological polar surface area (TPSA) is 24.9 Å². The first-order chi connectivity index (χ1) is 10.8. The van der Waals surface area contributed by atoms with Crippen molar-refractivity contribution in [3.63, 3.8) is 0 Å². The molecule has 0 amide bonds. The third kappa shape index (κ3) is 2.19. The van der Waals surface area contributed by atoms with Crippen LogP contribution in [0.1, 0.15) is 5.56 Å². The Bertz CT molecular complexity index is 959. The summed E-state index contributed by atoms with van der Waals surface area (Å²) in [6, 6.07) is 23.2. The lowest BCUT2D eigenvalue weighted by Crippen LogP contribution is -1.95. The Morgan fingerprint density at radius 1 is 0.773 bits per heavy atom. The van der Waals surface area contributed by atoms with E-state index in [1.807, 2.05) is 18.2 Å². The van der Waals surface area contributed by atoms with Crippen molar-refractivity contribution >= 4 is 33.1 Å². The molecular weight excluding hydrogens is 268 g/mol. The van der Waals surface area contributed by atoms with Crippen LogP contribution in [0, 0.1) is 6.92 Å². The third-order valence-electron chi connectivity index (χ3n) is 4.08. The second-order valence-corrected chi connectivity index (χ2v) is 5.50. The molecule has 0 aliphatic rings. The average molecular weight is 284 g/mol. The molecule has 0 radical (unpaired) electrons. The van der Waals surface area contributed by atoms with Gasteiger partial charge in [-0.1, -0.05) is 36.4 Å². The highest BCUT2D eigenvalue weighted by Gasteiger charge is 2.06. The Morgan fingerprint density at radius 2 is 1.55 bits per heavy atom. The van der Waals surface area contributed by atoms with Crippen molar-refractivity contribution < 1.29 is 0 Å². The molecular formula is C20H16N2. The minimum absolute atomic E-state index is 0.866. The van der Waals surface area contributed by atoms with E-state index < -0.39 is 0 Å². The molecule has 0 bridgehead atoms. The van der Waals surface area contributed by atoms with Gasteiger partial charge in [0, 0.05) is 11.9 Å². The van der Waals surface area contributed by atoms with Gasteiger partial charge in [0.1, 0.15) is 5.82 Å². The first kappa shape index (κ1) is 12.8. The normalized spacial score (nSPS) is 11.0. The minimum atomic E-state index is 0.866. The van der Waals surface area contributed by atoms with Crippen LogP contribution in [0.15, 0.2) is 72.9 Å². The molecule has 0 saturated heterocycles. The summed E-state index contributed by atoms with van der Waals surface area (Å²) in [6.07, 6.45) is 1.80. The molecule has 1 N–H and O–H groups in total. The van der Waals surface area contributed by atoms with Gasteiger partial charge >= 0.3 is 0 Å². The van der Waals surface area contributed by atoms with Gasteiger partial charge in [-0.25, -0.2) is 4.98 Å². The Labute approximate surface area is 129 Å². The van der Waals surface area contributed by atoms with Crippen LogP contribution in [-0.2, 0) is 0 Å². The van der Waals surface area contributed by atoms with Crippen molar-refractivity contribution in [1.29, 1.82) is 0 Å². The highest BCUT2D eigenvalue weighted by molar-refractivity contribution is 6.01. The van der Waals surface area contributed by atoms with Gasteiger partial charge in [-0.05, 0) is 64.4 Å². The van der Waals surface area contributed by atoms with Crippen molar-refractivity contribution in [3.8, 4) is 0 Å². The molecule has 4 rings (SSSR count). The number of anilines is 2. The molecule has 1 heterocycles. The molecule has 3 aromatic carbocycles. The number of benzene rings is 3. The van der Waals surface area contributed by atoms with Crippen LogP contribution in [0.2, 0.25) is 0 Å². The fraction of sp³-hybridized carbons (Fsp3) is 0.0500. The molecule has 0 aliphatic carbocycles. The molecule has 22 heavy (non-hydrogen) atoms. The zero-order chi connectivity index (χ0) is 14.9. The maximum atomic E-state index is 4.33. The smallest absolute Gasteiger partial charge is 0.130 e. The summed E-state index contributed by atoms with van der Waals surface area (Å²) < 4.78 is 0. The number of nitrogens with one attached hydrogen (secondary N) is 1. The van der Waals surface area contributed by atoms with Crippen LogP contribution in [-0.4, -0.2) is 4.98 Å². The molecule has 106 valence electrons. The van der Waals surface area contributed by atoms with Gasteiger partial charge in [0.15, 0.2) is 0 Å². The van der Waals surface area contributed by atoms with Crippen molar-refractivity contribution in [3.05, 3.63) is 78.5 Å². The van der Waals surface area contributed by atoms with Crippen molar-refractivity contribution in [1.82, 2.24) is 4.98 Å². The zero-order valence-electron chi connectivity index (χ0n) is 12.4. The summed E-state index contributed by atoms with van der Waals surface area (Å²) in [5, 5.41) is 8.49. The van der Waals surface area contributed by atoms with Gasteiger partial charge in [-0.3, -0.25) is 0 Å². The van der Waals surface area contributed by atoms with Crippen LogP contribution < -0.4 is 5.32 Å². The lowest BCUT2D eigenvalue weighted by Gasteiger charge is -2.12. The Morgan fingerprint density at radius 3 is 2.32 bits per heavy atom. The summed E-state index contributed by atoms with van der Waals surface area (Å²) in [5.41, 5.74) is 2.34. The summed E-state index contributed by atoms with van der Waals surface area (Å²) in [4.78, 5) is 4.33. The molecule has 0 spiro atoms. The fourth-order valence-corrected chi connectivity index (χ4v) is 2.87. The largest absolute Gasteiger partial charge is 0.340 e. The van der Waals surface area contributed by atoms with E-state index in [0.29, 0.717) is 0 Å². The Balaban J connectivity index is 1.87. The number of hydrogen-bond donors (Lipinski definition) is 1. The van der Waals surface area contributed by atoms with Gasteiger partial charge < -0.3 is 5.32 Å². The fourth-order valence-electron chi connectivity index (χ4n) is 2.87. The molecule has 0 fully saturated rings. The first-order valence-electron chi connectivity index (χ1n) is 7.41. The molecule has 2 nitrogen and oxygen atoms in total. The summed E-state index contributed by atoms with van der Waals surface area (Å²) in [5.74, 6) is 0.866. The average Bonchev–Trinajstić information content (AvgIpc) is 2.57. The molecule has 4 aromatic rings. The van der Waals surface area contributed by atoms with Gasteiger partial charge in [-0.2, -0.15) is 0 Å². The lowest BCUT2D eigenvalue weighted by molar-refractivity contribution is 1.30. The molecule has 2 heteroatoms. The first-order valence-corrected chi connectivity index (χ1v) is 7.41. The van der Waals surface area contributed by atoms with E-state index in [1.165, 1.54) is 27.1 Å². The Kier molecular flexibility index (Phi) is 3.01. The summed E-state index contributed by atoms with van der Waals surface area (Å²) in [7, 11) is 0. The predicted octanol–water partition coefficient (Wildman–Crippen LogP) is 5.44.